The highest BCUT2D eigenvalue weighted by atomic mass is 19.1. The molecule has 2 aromatic carbocycles. The highest BCUT2D eigenvalue weighted by Gasteiger charge is 2.49. The van der Waals surface area contributed by atoms with Gasteiger partial charge in [0.1, 0.15) is 18.0 Å². The van der Waals surface area contributed by atoms with Crippen molar-refractivity contribution < 1.29 is 23.5 Å². The first kappa shape index (κ1) is 16.7. The van der Waals surface area contributed by atoms with E-state index in [4.69, 9.17) is 9.47 Å². The molecule has 0 saturated carbocycles. The summed E-state index contributed by atoms with van der Waals surface area (Å²) < 4.78 is 24.1. The number of esters is 1. The number of halogens is 1. The third kappa shape index (κ3) is 2.66. The summed E-state index contributed by atoms with van der Waals surface area (Å²) in [5.41, 5.74) is 2.39. The summed E-state index contributed by atoms with van der Waals surface area (Å²) in [6, 6.07) is 13.4. The first-order valence-corrected chi connectivity index (χ1v) is 8.46. The summed E-state index contributed by atoms with van der Waals surface area (Å²) in [5, 5.41) is 0. The van der Waals surface area contributed by atoms with Crippen molar-refractivity contribution in [1.82, 2.24) is 0 Å². The molecule has 2 aromatic rings. The van der Waals surface area contributed by atoms with Crippen LogP contribution in [0.1, 0.15) is 23.5 Å². The molecule has 1 saturated heterocycles. The third-order valence-corrected chi connectivity index (χ3v) is 5.09. The number of anilines is 1. The molecule has 1 fully saturated rings. The molecule has 6 heteroatoms. The number of rotatable bonds is 2. The first-order chi connectivity index (χ1) is 12.6. The quantitative estimate of drug-likeness (QED) is 0.614. The number of amides is 1. The van der Waals surface area contributed by atoms with Crippen LogP contribution in [0.2, 0.25) is 0 Å². The maximum Gasteiger partial charge on any atom is 0.318 e. The zero-order chi connectivity index (χ0) is 18.3. The molecule has 134 valence electrons. The standard InChI is InChI=1S/C20H18FNO4/c1-25-20(24)18-15(12-6-8-14(21)9-7-12)10-17-22(19(18)23)16-5-3-2-4-13(16)11-26-17/h2-9,15,17-18H,10-11H2,1H3/t15-,17-,18-/m1/s1. The van der Waals surface area contributed by atoms with Crippen LogP contribution in [0.15, 0.2) is 48.5 Å². The van der Waals surface area contributed by atoms with Gasteiger partial charge < -0.3 is 9.47 Å². The lowest BCUT2D eigenvalue weighted by molar-refractivity contribution is -0.154. The summed E-state index contributed by atoms with van der Waals surface area (Å²) in [7, 11) is 1.27. The van der Waals surface area contributed by atoms with E-state index in [1.165, 1.54) is 19.2 Å². The van der Waals surface area contributed by atoms with Crippen LogP contribution in [0.5, 0.6) is 0 Å². The molecular weight excluding hydrogens is 337 g/mol. The number of carbonyl (C=O) groups excluding carboxylic acids is 2. The maximum absolute atomic E-state index is 13.3. The third-order valence-electron chi connectivity index (χ3n) is 5.09. The monoisotopic (exact) mass is 355 g/mol. The SMILES string of the molecule is COC(=O)[C@H]1C(=O)N2c3ccccc3CO[C@@H]2C[C@@H]1c1ccc(F)cc1. The van der Waals surface area contributed by atoms with E-state index >= 15 is 0 Å². The van der Waals surface area contributed by atoms with E-state index in [0.29, 0.717) is 13.0 Å². The van der Waals surface area contributed by atoms with E-state index in [1.807, 2.05) is 24.3 Å². The molecule has 0 spiro atoms. The smallest absolute Gasteiger partial charge is 0.318 e. The second kappa shape index (κ2) is 6.53. The van der Waals surface area contributed by atoms with Gasteiger partial charge in [-0.05, 0) is 23.8 Å². The van der Waals surface area contributed by atoms with Gasteiger partial charge in [0.05, 0.1) is 19.4 Å². The Labute approximate surface area is 150 Å². The topological polar surface area (TPSA) is 55.8 Å². The van der Waals surface area contributed by atoms with Crippen molar-refractivity contribution >= 4 is 17.6 Å². The number of hydrogen-bond acceptors (Lipinski definition) is 4. The Morgan fingerprint density at radius 1 is 1.19 bits per heavy atom. The van der Waals surface area contributed by atoms with Crippen LogP contribution in [0.3, 0.4) is 0 Å². The van der Waals surface area contributed by atoms with Crippen LogP contribution in [-0.4, -0.2) is 25.2 Å². The summed E-state index contributed by atoms with van der Waals surface area (Å²) in [5.74, 6) is -2.73. The molecular formula is C20H18FNO4. The van der Waals surface area contributed by atoms with Gasteiger partial charge in [0.15, 0.2) is 0 Å². The van der Waals surface area contributed by atoms with Gasteiger partial charge in [-0.2, -0.15) is 0 Å². The highest BCUT2D eigenvalue weighted by molar-refractivity contribution is 6.08. The van der Waals surface area contributed by atoms with Crippen molar-refractivity contribution in [2.45, 2.75) is 25.2 Å². The molecule has 2 aliphatic rings. The number of hydrogen-bond donors (Lipinski definition) is 0. The van der Waals surface area contributed by atoms with Crippen LogP contribution < -0.4 is 4.90 Å². The van der Waals surface area contributed by atoms with E-state index in [1.54, 1.807) is 17.0 Å². The predicted octanol–water partition coefficient (Wildman–Crippen LogP) is 2.99. The number of methoxy groups -OCH3 is 1. The lowest BCUT2D eigenvalue weighted by atomic mass is 9.78. The summed E-state index contributed by atoms with van der Waals surface area (Å²) >= 11 is 0. The fourth-order valence-electron chi connectivity index (χ4n) is 3.82. The van der Waals surface area contributed by atoms with Gasteiger partial charge in [-0.25, -0.2) is 4.39 Å². The Bertz CT molecular complexity index is 851. The number of ether oxygens (including phenoxy) is 2. The van der Waals surface area contributed by atoms with Crippen molar-refractivity contribution in [3.63, 3.8) is 0 Å². The van der Waals surface area contributed by atoms with Crippen molar-refractivity contribution in [2.75, 3.05) is 12.0 Å². The average Bonchev–Trinajstić information content (AvgIpc) is 2.67. The number of carbonyl (C=O) groups is 2. The summed E-state index contributed by atoms with van der Waals surface area (Å²) in [4.78, 5) is 27.2. The normalized spacial score (nSPS) is 24.6. The molecule has 1 amide bonds. The largest absolute Gasteiger partial charge is 0.468 e. The van der Waals surface area contributed by atoms with Gasteiger partial charge in [0, 0.05) is 17.9 Å². The van der Waals surface area contributed by atoms with Gasteiger partial charge in [-0.3, -0.25) is 14.5 Å². The maximum atomic E-state index is 13.3. The fraction of sp³-hybridized carbons (Fsp3) is 0.300. The second-order valence-corrected chi connectivity index (χ2v) is 6.50. The molecule has 0 radical (unpaired) electrons. The van der Waals surface area contributed by atoms with E-state index < -0.39 is 24.0 Å². The molecule has 2 heterocycles. The van der Waals surface area contributed by atoms with Crippen molar-refractivity contribution in [1.29, 1.82) is 0 Å². The zero-order valence-electron chi connectivity index (χ0n) is 14.2. The molecule has 26 heavy (non-hydrogen) atoms. The minimum absolute atomic E-state index is 0.352. The molecule has 0 aromatic heterocycles. The van der Waals surface area contributed by atoms with Gasteiger partial charge in [-0.1, -0.05) is 30.3 Å². The Morgan fingerprint density at radius 3 is 2.65 bits per heavy atom. The van der Waals surface area contributed by atoms with Crippen molar-refractivity contribution in [3.8, 4) is 0 Å². The molecule has 4 rings (SSSR count). The van der Waals surface area contributed by atoms with Crippen molar-refractivity contribution in [3.05, 3.63) is 65.5 Å². The predicted molar refractivity (Wildman–Crippen MR) is 91.8 cm³/mol. The van der Waals surface area contributed by atoms with E-state index in [0.717, 1.165) is 16.8 Å². The fourth-order valence-corrected chi connectivity index (χ4v) is 3.82. The first-order valence-electron chi connectivity index (χ1n) is 8.46. The van der Waals surface area contributed by atoms with E-state index in [2.05, 4.69) is 0 Å². The van der Waals surface area contributed by atoms with E-state index in [-0.39, 0.29) is 11.7 Å². The Balaban J connectivity index is 1.76. The minimum atomic E-state index is -0.989. The van der Waals surface area contributed by atoms with Gasteiger partial charge in [0.25, 0.3) is 0 Å². The second-order valence-electron chi connectivity index (χ2n) is 6.50. The van der Waals surface area contributed by atoms with Gasteiger partial charge in [0.2, 0.25) is 5.91 Å². The minimum Gasteiger partial charge on any atom is -0.468 e. The molecule has 0 N–H and O–H groups in total. The van der Waals surface area contributed by atoms with Gasteiger partial charge in [-0.15, -0.1) is 0 Å². The van der Waals surface area contributed by atoms with Gasteiger partial charge >= 0.3 is 5.97 Å². The van der Waals surface area contributed by atoms with Crippen LogP contribution in [0.25, 0.3) is 0 Å². The Morgan fingerprint density at radius 2 is 1.92 bits per heavy atom. The van der Waals surface area contributed by atoms with Crippen LogP contribution in [0, 0.1) is 11.7 Å². The van der Waals surface area contributed by atoms with Crippen LogP contribution >= 0.6 is 0 Å². The zero-order valence-corrected chi connectivity index (χ0v) is 14.2. The van der Waals surface area contributed by atoms with Crippen LogP contribution in [-0.2, 0) is 25.7 Å². The summed E-state index contributed by atoms with van der Waals surface area (Å²) in [6.45, 7) is 0.406. The number of para-hydroxylation sites is 1. The molecule has 0 bridgehead atoms. The van der Waals surface area contributed by atoms with E-state index in [9.17, 15) is 14.0 Å². The Kier molecular flexibility index (Phi) is 4.20. The number of fused-ring (bicyclic) bond motifs is 3. The number of benzene rings is 2. The molecule has 0 unspecified atom stereocenters. The number of piperidine rings is 1. The van der Waals surface area contributed by atoms with Crippen LogP contribution in [0.4, 0.5) is 10.1 Å². The molecule has 3 atom stereocenters. The average molecular weight is 355 g/mol. The lowest BCUT2D eigenvalue weighted by Crippen LogP contribution is -2.56. The molecule has 0 aliphatic carbocycles. The summed E-state index contributed by atoms with van der Waals surface area (Å²) in [6.07, 6.45) is -0.0285. The Hall–Kier alpha value is -2.73. The van der Waals surface area contributed by atoms with Crippen molar-refractivity contribution in [2.24, 2.45) is 5.92 Å². The molecule has 5 nitrogen and oxygen atoms in total. The number of nitrogens with zero attached hydrogens (tertiary/aromatic N) is 1. The lowest BCUT2D eigenvalue weighted by Gasteiger charge is -2.45. The highest BCUT2D eigenvalue weighted by Crippen LogP contribution is 2.43. The molecule has 2 aliphatic heterocycles.